The highest BCUT2D eigenvalue weighted by Crippen LogP contribution is 2.47. The molecular formula is C20H14ClN5O3. The minimum Gasteiger partial charge on any atom is -0.424 e. The number of nitro benzene ring substituents is 1. The van der Waals surface area contributed by atoms with Gasteiger partial charge in [0.25, 0.3) is 5.69 Å². The Bertz CT molecular complexity index is 1200. The van der Waals surface area contributed by atoms with E-state index < -0.39 is 10.8 Å². The molecule has 1 aliphatic rings. The largest absolute Gasteiger partial charge is 0.424 e. The van der Waals surface area contributed by atoms with E-state index >= 15 is 0 Å². The zero-order valence-corrected chi connectivity index (χ0v) is 15.9. The summed E-state index contributed by atoms with van der Waals surface area (Å²) in [7, 11) is 0. The molecule has 29 heavy (non-hydrogen) atoms. The third-order valence-corrected chi connectivity index (χ3v) is 4.98. The minimum absolute atomic E-state index is 0.00693. The second-order valence-electron chi connectivity index (χ2n) is 6.41. The van der Waals surface area contributed by atoms with E-state index in [1.54, 1.807) is 17.9 Å². The van der Waals surface area contributed by atoms with Gasteiger partial charge >= 0.3 is 0 Å². The first-order chi connectivity index (χ1) is 13.9. The second kappa shape index (κ2) is 6.96. The van der Waals surface area contributed by atoms with Gasteiger partial charge in [-0.15, -0.1) is 0 Å². The molecule has 9 heteroatoms. The van der Waals surface area contributed by atoms with E-state index in [9.17, 15) is 15.4 Å². The van der Waals surface area contributed by atoms with Crippen LogP contribution in [0.25, 0.3) is 0 Å². The van der Waals surface area contributed by atoms with Gasteiger partial charge in [0.2, 0.25) is 5.88 Å². The Kier molecular flexibility index (Phi) is 4.45. The molecule has 8 nitrogen and oxygen atoms in total. The SMILES string of the molecule is Cc1nc2c(o1)N(c1ccccc1)C(N)=C(C#N)C2c1ccc(Cl)c([N+](=O)[O-])c1. The van der Waals surface area contributed by atoms with Crippen LogP contribution in [0, 0.1) is 28.4 Å². The van der Waals surface area contributed by atoms with Gasteiger partial charge in [-0.1, -0.05) is 35.9 Å². The topological polar surface area (TPSA) is 122 Å². The predicted octanol–water partition coefficient (Wildman–Crippen LogP) is 4.52. The number of nitro groups is 1. The van der Waals surface area contributed by atoms with Crippen LogP contribution in [0.3, 0.4) is 0 Å². The number of allylic oxidation sites excluding steroid dienone is 1. The molecule has 144 valence electrons. The number of rotatable bonds is 3. The number of benzene rings is 2. The molecule has 0 amide bonds. The predicted molar refractivity (Wildman–Crippen MR) is 107 cm³/mol. The lowest BCUT2D eigenvalue weighted by Crippen LogP contribution is -2.31. The Balaban J connectivity index is 1.97. The Morgan fingerprint density at radius 1 is 1.31 bits per heavy atom. The Morgan fingerprint density at radius 3 is 2.69 bits per heavy atom. The van der Waals surface area contributed by atoms with Crippen LogP contribution in [-0.4, -0.2) is 9.91 Å². The van der Waals surface area contributed by atoms with Gasteiger partial charge in [-0.3, -0.25) is 15.0 Å². The number of halogens is 1. The van der Waals surface area contributed by atoms with Gasteiger partial charge in [-0.25, -0.2) is 4.98 Å². The summed E-state index contributed by atoms with van der Waals surface area (Å²) in [5.41, 5.74) is 7.97. The molecule has 0 spiro atoms. The van der Waals surface area contributed by atoms with E-state index in [4.69, 9.17) is 21.8 Å². The average molecular weight is 408 g/mol. The summed E-state index contributed by atoms with van der Waals surface area (Å²) < 4.78 is 5.82. The first-order valence-corrected chi connectivity index (χ1v) is 8.96. The highest BCUT2D eigenvalue weighted by atomic mass is 35.5. The number of nitrogens with zero attached hydrogens (tertiary/aromatic N) is 4. The number of aromatic nitrogens is 1. The molecule has 0 aliphatic carbocycles. The highest BCUT2D eigenvalue weighted by Gasteiger charge is 2.39. The van der Waals surface area contributed by atoms with Crippen molar-refractivity contribution in [2.24, 2.45) is 5.73 Å². The van der Waals surface area contributed by atoms with Crippen LogP contribution in [-0.2, 0) is 0 Å². The minimum atomic E-state index is -0.719. The number of oxazole rings is 1. The number of hydrogen-bond donors (Lipinski definition) is 1. The van der Waals surface area contributed by atoms with Crippen molar-refractivity contribution in [1.82, 2.24) is 4.98 Å². The number of para-hydroxylation sites is 1. The summed E-state index contributed by atoms with van der Waals surface area (Å²) in [6.45, 7) is 1.69. The monoisotopic (exact) mass is 407 g/mol. The fourth-order valence-corrected chi connectivity index (χ4v) is 3.61. The van der Waals surface area contributed by atoms with Crippen LogP contribution in [0.1, 0.15) is 23.1 Å². The molecule has 2 N–H and O–H groups in total. The molecule has 2 aromatic carbocycles. The average Bonchev–Trinajstić information content (AvgIpc) is 3.08. The van der Waals surface area contributed by atoms with Crippen LogP contribution in [0.4, 0.5) is 17.3 Å². The quantitative estimate of drug-likeness (QED) is 0.500. The summed E-state index contributed by atoms with van der Waals surface area (Å²) in [5, 5.41) is 21.2. The standard InChI is InChI=1S/C20H14ClN5O3/c1-11-24-18-17(12-7-8-15(21)16(9-12)26(27)28)14(10-22)19(23)25(20(18)29-11)13-5-3-2-4-6-13/h2-9,17H,23H2,1H3. The third-order valence-electron chi connectivity index (χ3n) is 4.66. The van der Waals surface area contributed by atoms with Crippen LogP contribution in [0.2, 0.25) is 5.02 Å². The van der Waals surface area contributed by atoms with E-state index in [1.165, 1.54) is 12.1 Å². The molecule has 3 aromatic rings. The van der Waals surface area contributed by atoms with Gasteiger partial charge < -0.3 is 10.2 Å². The number of anilines is 2. The van der Waals surface area contributed by atoms with Crippen molar-refractivity contribution in [3.05, 3.63) is 92.2 Å². The molecule has 0 fully saturated rings. The second-order valence-corrected chi connectivity index (χ2v) is 6.81. The molecule has 1 atom stereocenters. The maximum absolute atomic E-state index is 11.3. The molecule has 0 saturated carbocycles. The molecule has 2 heterocycles. The van der Waals surface area contributed by atoms with Gasteiger partial charge in [0, 0.05) is 13.0 Å². The lowest BCUT2D eigenvalue weighted by molar-refractivity contribution is -0.384. The molecule has 0 bridgehead atoms. The van der Waals surface area contributed by atoms with Gasteiger partial charge in [0.1, 0.15) is 16.5 Å². The van der Waals surface area contributed by atoms with Crippen LogP contribution in [0.5, 0.6) is 0 Å². The van der Waals surface area contributed by atoms with E-state index in [0.717, 1.165) is 0 Å². The van der Waals surface area contributed by atoms with Crippen molar-refractivity contribution in [3.63, 3.8) is 0 Å². The van der Waals surface area contributed by atoms with Crippen LogP contribution in [0.15, 0.2) is 64.3 Å². The Morgan fingerprint density at radius 2 is 2.03 bits per heavy atom. The number of nitriles is 1. The van der Waals surface area contributed by atoms with Crippen molar-refractivity contribution < 1.29 is 9.34 Å². The van der Waals surface area contributed by atoms with E-state index in [1.807, 2.05) is 30.3 Å². The van der Waals surface area contributed by atoms with Gasteiger partial charge in [0.05, 0.1) is 28.2 Å². The highest BCUT2D eigenvalue weighted by molar-refractivity contribution is 6.32. The molecular weight excluding hydrogens is 394 g/mol. The summed E-state index contributed by atoms with van der Waals surface area (Å²) in [6.07, 6.45) is 0. The maximum Gasteiger partial charge on any atom is 0.288 e. The summed E-state index contributed by atoms with van der Waals surface area (Å²) in [4.78, 5) is 16.8. The maximum atomic E-state index is 11.3. The van der Waals surface area contributed by atoms with Crippen LogP contribution < -0.4 is 10.6 Å². The van der Waals surface area contributed by atoms with Gasteiger partial charge in [-0.05, 0) is 23.8 Å². The first-order valence-electron chi connectivity index (χ1n) is 8.58. The molecule has 0 saturated heterocycles. The normalized spacial score (nSPS) is 15.8. The van der Waals surface area contributed by atoms with E-state index in [2.05, 4.69) is 11.1 Å². The number of hydrogen-bond acceptors (Lipinski definition) is 7. The third kappa shape index (κ3) is 2.98. The zero-order chi connectivity index (χ0) is 20.7. The number of aryl methyl sites for hydroxylation is 1. The molecule has 1 aromatic heterocycles. The fourth-order valence-electron chi connectivity index (χ4n) is 3.42. The smallest absolute Gasteiger partial charge is 0.288 e. The first kappa shape index (κ1) is 18.5. The lowest BCUT2D eigenvalue weighted by atomic mass is 9.86. The Hall–Kier alpha value is -3.83. The molecule has 1 unspecified atom stereocenters. The summed E-state index contributed by atoms with van der Waals surface area (Å²) in [5.74, 6) is 0.206. The number of nitrogens with two attached hydrogens (primary N) is 1. The van der Waals surface area contributed by atoms with Crippen molar-refractivity contribution in [2.45, 2.75) is 12.8 Å². The van der Waals surface area contributed by atoms with Gasteiger partial charge in [-0.2, -0.15) is 5.26 Å². The Labute approximate surface area is 170 Å². The molecule has 4 rings (SSSR count). The van der Waals surface area contributed by atoms with Crippen LogP contribution >= 0.6 is 11.6 Å². The fraction of sp³-hybridized carbons (Fsp3) is 0.100. The summed E-state index contributed by atoms with van der Waals surface area (Å²) in [6, 6.07) is 15.7. The van der Waals surface area contributed by atoms with E-state index in [0.29, 0.717) is 28.7 Å². The van der Waals surface area contributed by atoms with Crippen molar-refractivity contribution in [2.75, 3.05) is 4.90 Å². The lowest BCUT2D eigenvalue weighted by Gasteiger charge is -2.31. The van der Waals surface area contributed by atoms with Crippen molar-refractivity contribution >= 4 is 28.9 Å². The van der Waals surface area contributed by atoms with E-state index in [-0.39, 0.29) is 22.1 Å². The molecule has 0 radical (unpaired) electrons. The summed E-state index contributed by atoms with van der Waals surface area (Å²) >= 11 is 5.95. The van der Waals surface area contributed by atoms with Crippen molar-refractivity contribution in [1.29, 1.82) is 5.26 Å². The van der Waals surface area contributed by atoms with Gasteiger partial charge in [0.15, 0.2) is 5.89 Å². The van der Waals surface area contributed by atoms with Crippen molar-refractivity contribution in [3.8, 4) is 6.07 Å². The molecule has 1 aliphatic heterocycles. The zero-order valence-electron chi connectivity index (χ0n) is 15.2. The number of fused-ring (bicyclic) bond motifs is 1.